The lowest BCUT2D eigenvalue weighted by Crippen LogP contribution is -2.50. The van der Waals surface area contributed by atoms with E-state index >= 15 is 0 Å². The summed E-state index contributed by atoms with van der Waals surface area (Å²) >= 11 is 1.68. The number of thioether (sulfide) groups is 1. The number of methoxy groups -OCH3 is 2. The number of nitrogens with one attached hydrogen (secondary N) is 1. The summed E-state index contributed by atoms with van der Waals surface area (Å²) in [6, 6.07) is 9.28. The molecular formula is C29H48N2O2S. The monoisotopic (exact) mass is 488 g/mol. The lowest BCUT2D eigenvalue weighted by molar-refractivity contribution is -0.257. The van der Waals surface area contributed by atoms with Crippen molar-refractivity contribution >= 4 is 11.8 Å². The zero-order valence-electron chi connectivity index (χ0n) is 22.4. The predicted octanol–water partition coefficient (Wildman–Crippen LogP) is 7.00. The van der Waals surface area contributed by atoms with Crippen LogP contribution in [-0.2, 0) is 15.3 Å². The highest BCUT2D eigenvalue weighted by molar-refractivity contribution is 8.03. The fourth-order valence-corrected chi connectivity index (χ4v) is 5.65. The summed E-state index contributed by atoms with van der Waals surface area (Å²) in [5.41, 5.74) is 1.09. The summed E-state index contributed by atoms with van der Waals surface area (Å²) in [5.74, 6) is -0.352. The first kappa shape index (κ1) is 30.7. The van der Waals surface area contributed by atoms with Gasteiger partial charge in [0.05, 0.1) is 0 Å². The van der Waals surface area contributed by atoms with Gasteiger partial charge in [-0.25, -0.2) is 0 Å². The van der Waals surface area contributed by atoms with Crippen LogP contribution in [-0.4, -0.2) is 51.3 Å². The van der Waals surface area contributed by atoms with Crippen molar-refractivity contribution in [2.75, 3.05) is 40.4 Å². The minimum absolute atomic E-state index is 0.341. The van der Waals surface area contributed by atoms with E-state index in [2.05, 4.69) is 47.6 Å². The summed E-state index contributed by atoms with van der Waals surface area (Å²) in [6.45, 7) is 20.2. The van der Waals surface area contributed by atoms with Crippen molar-refractivity contribution in [3.63, 3.8) is 0 Å². The van der Waals surface area contributed by atoms with E-state index in [-0.39, 0.29) is 0 Å². The number of hydrogen-bond donors (Lipinski definition) is 1. The van der Waals surface area contributed by atoms with Gasteiger partial charge in [-0.15, -0.1) is 0 Å². The lowest BCUT2D eigenvalue weighted by atomic mass is 9.83. The normalized spacial score (nSPS) is 18.2. The van der Waals surface area contributed by atoms with Gasteiger partial charge in [0.2, 0.25) is 0 Å². The lowest BCUT2D eigenvalue weighted by Gasteiger charge is -2.45. The topological polar surface area (TPSA) is 33.7 Å². The number of rotatable bonds is 9. The molecule has 0 saturated carbocycles. The highest BCUT2D eigenvalue weighted by Gasteiger charge is 2.43. The Morgan fingerprint density at radius 3 is 2.00 bits per heavy atom. The van der Waals surface area contributed by atoms with Crippen molar-refractivity contribution in [2.24, 2.45) is 5.92 Å². The highest BCUT2D eigenvalue weighted by atomic mass is 32.2. The Morgan fingerprint density at radius 2 is 1.53 bits per heavy atom. The Labute approximate surface area is 213 Å². The Morgan fingerprint density at radius 1 is 0.971 bits per heavy atom. The number of allylic oxidation sites excluding steroid dienone is 3. The average Bonchev–Trinajstić information content (AvgIpc) is 2.93. The third-order valence-corrected chi connectivity index (χ3v) is 7.52. The molecule has 3 rings (SSSR count). The van der Waals surface area contributed by atoms with Crippen molar-refractivity contribution in [2.45, 2.75) is 70.1 Å². The largest absolute Gasteiger partial charge is 0.349 e. The van der Waals surface area contributed by atoms with Crippen LogP contribution in [0.1, 0.15) is 58.9 Å². The Kier molecular flexibility index (Phi) is 15.4. The van der Waals surface area contributed by atoms with Gasteiger partial charge in [-0.1, -0.05) is 76.9 Å². The second-order valence-electron chi connectivity index (χ2n) is 8.00. The van der Waals surface area contributed by atoms with Gasteiger partial charge >= 0.3 is 0 Å². The van der Waals surface area contributed by atoms with E-state index in [4.69, 9.17) is 9.47 Å². The van der Waals surface area contributed by atoms with Gasteiger partial charge < -0.3 is 19.7 Å². The smallest absolute Gasteiger partial charge is 0.197 e. The van der Waals surface area contributed by atoms with Gasteiger partial charge in [0, 0.05) is 41.5 Å². The highest BCUT2D eigenvalue weighted by Crippen LogP contribution is 2.41. The molecule has 0 bridgehead atoms. The quantitative estimate of drug-likeness (QED) is 0.230. The summed E-state index contributed by atoms with van der Waals surface area (Å²) in [6.07, 6.45) is 10.3. The molecule has 0 aromatic heterocycles. The van der Waals surface area contributed by atoms with Crippen LogP contribution in [0, 0.1) is 5.92 Å². The first-order valence-corrected chi connectivity index (χ1v) is 13.8. The maximum absolute atomic E-state index is 6.08. The molecular weight excluding hydrogens is 440 g/mol. The van der Waals surface area contributed by atoms with Crippen molar-refractivity contribution in [3.05, 3.63) is 66.1 Å². The fourth-order valence-electron chi connectivity index (χ4n) is 4.86. The first-order chi connectivity index (χ1) is 16.7. The molecule has 0 radical (unpaired) electrons. The van der Waals surface area contributed by atoms with E-state index in [1.165, 1.54) is 12.8 Å². The Balaban J connectivity index is 0.00000137. The van der Waals surface area contributed by atoms with Crippen molar-refractivity contribution < 1.29 is 9.47 Å². The van der Waals surface area contributed by atoms with Gasteiger partial charge in [0.25, 0.3) is 0 Å². The molecule has 0 spiro atoms. The number of nitrogens with zero attached hydrogens (tertiary/aromatic N) is 1. The molecule has 34 heavy (non-hydrogen) atoms. The minimum Gasteiger partial charge on any atom is -0.349 e. The van der Waals surface area contributed by atoms with Crippen LogP contribution in [0.4, 0.5) is 0 Å². The second-order valence-corrected chi connectivity index (χ2v) is 9.15. The third-order valence-electron chi connectivity index (χ3n) is 6.47. The van der Waals surface area contributed by atoms with E-state index in [0.717, 1.165) is 60.4 Å². The van der Waals surface area contributed by atoms with Crippen molar-refractivity contribution in [1.29, 1.82) is 0 Å². The molecule has 0 unspecified atom stereocenters. The molecule has 2 fully saturated rings. The average molecular weight is 489 g/mol. The second kappa shape index (κ2) is 17.1. The molecule has 1 aromatic carbocycles. The number of benzene rings is 1. The maximum Gasteiger partial charge on any atom is 0.197 e. The van der Waals surface area contributed by atoms with Crippen LogP contribution in [0.15, 0.2) is 65.5 Å². The van der Waals surface area contributed by atoms with Gasteiger partial charge in [0.1, 0.15) is 0 Å². The molecule has 1 aromatic rings. The molecule has 5 heteroatoms. The van der Waals surface area contributed by atoms with Crippen LogP contribution in [0.2, 0.25) is 0 Å². The van der Waals surface area contributed by atoms with Crippen LogP contribution in [0.5, 0.6) is 0 Å². The molecule has 4 nitrogen and oxygen atoms in total. The number of hydrogen-bond acceptors (Lipinski definition) is 5. The molecule has 1 N–H and O–H groups in total. The van der Waals surface area contributed by atoms with Crippen LogP contribution >= 0.6 is 11.8 Å². The van der Waals surface area contributed by atoms with Gasteiger partial charge in [-0.05, 0) is 70.1 Å². The van der Waals surface area contributed by atoms with E-state index in [1.807, 2.05) is 39.8 Å². The van der Waals surface area contributed by atoms with Gasteiger partial charge in [-0.2, -0.15) is 0 Å². The van der Waals surface area contributed by atoms with E-state index < -0.39 is 5.79 Å². The molecule has 0 aliphatic carbocycles. The SMILES string of the molecule is C=C/C=C(\C=C)Sc1ccc(C(OC)(OC)C2CCN(C3CCNCC3)CC2)cc1.CC.CC. The molecule has 2 aliphatic heterocycles. The molecule has 2 saturated heterocycles. The standard InChI is InChI=1S/C25H36N2O2S.2C2H6/c1-5-7-23(6-2)30-24-10-8-20(9-11-24)25(28-3,29-4)21-14-18-27(19-15-21)22-12-16-26-17-13-22;2*1-2/h5-11,21-22,26H,1-2,12-19H2,3-4H3;2*1-2H3/b23-7+;;. The van der Waals surface area contributed by atoms with Crippen LogP contribution < -0.4 is 5.32 Å². The molecule has 0 atom stereocenters. The zero-order chi connectivity index (χ0) is 25.4. The van der Waals surface area contributed by atoms with Crippen LogP contribution in [0.25, 0.3) is 0 Å². The molecule has 2 aliphatic rings. The summed E-state index contributed by atoms with van der Waals surface area (Å²) in [7, 11) is 3.54. The summed E-state index contributed by atoms with van der Waals surface area (Å²) in [5, 5.41) is 3.47. The van der Waals surface area contributed by atoms with E-state index in [9.17, 15) is 0 Å². The molecule has 192 valence electrons. The summed E-state index contributed by atoms with van der Waals surface area (Å²) in [4.78, 5) is 4.91. The first-order valence-electron chi connectivity index (χ1n) is 13.0. The van der Waals surface area contributed by atoms with Gasteiger partial charge in [0.15, 0.2) is 5.79 Å². The van der Waals surface area contributed by atoms with Crippen molar-refractivity contribution in [1.82, 2.24) is 10.2 Å². The third kappa shape index (κ3) is 8.10. The molecule has 0 amide bonds. The molecule has 2 heterocycles. The minimum atomic E-state index is -0.693. The van der Waals surface area contributed by atoms with E-state index in [0.29, 0.717) is 5.92 Å². The van der Waals surface area contributed by atoms with Crippen molar-refractivity contribution in [3.8, 4) is 0 Å². The Hall–Kier alpha value is -1.37. The number of likely N-dealkylation sites (tertiary alicyclic amines) is 1. The van der Waals surface area contributed by atoms with Gasteiger partial charge in [-0.3, -0.25) is 0 Å². The number of ether oxygens (including phenoxy) is 2. The number of piperidine rings is 2. The predicted molar refractivity (Wildman–Crippen MR) is 149 cm³/mol. The maximum atomic E-state index is 6.08. The fraction of sp³-hybridized carbons (Fsp3) is 0.586. The van der Waals surface area contributed by atoms with E-state index in [1.54, 1.807) is 32.1 Å². The Bertz CT molecular complexity index is 714. The summed E-state index contributed by atoms with van der Waals surface area (Å²) < 4.78 is 12.2. The van der Waals surface area contributed by atoms with Crippen LogP contribution in [0.3, 0.4) is 0 Å². The zero-order valence-corrected chi connectivity index (χ0v) is 23.3.